The average Bonchev–Trinajstić information content (AvgIpc) is 2.47. The van der Waals surface area contributed by atoms with Crippen molar-refractivity contribution in [2.45, 2.75) is 24.5 Å². The molecular formula is C17H19AlO. The Balaban J connectivity index is 2.22. The van der Waals surface area contributed by atoms with Crippen molar-refractivity contribution in [3.05, 3.63) is 71.8 Å². The van der Waals surface area contributed by atoms with E-state index in [0.717, 1.165) is 17.3 Å². The van der Waals surface area contributed by atoms with Gasteiger partial charge in [-0.2, -0.15) is 0 Å². The number of hydrogen-bond donors (Lipinski definition) is 0. The van der Waals surface area contributed by atoms with Crippen LogP contribution in [-0.4, -0.2) is 19.9 Å². The fourth-order valence-corrected chi connectivity index (χ4v) is 3.59. The van der Waals surface area contributed by atoms with E-state index in [1.54, 1.807) is 0 Å². The third-order valence-electron chi connectivity index (χ3n) is 3.37. The van der Waals surface area contributed by atoms with Crippen LogP contribution in [0.5, 0.6) is 0 Å². The number of carbonyl (C=O) groups excluding carboxylic acids is 1. The zero-order valence-electron chi connectivity index (χ0n) is 11.4. The molecule has 0 saturated carbocycles. The minimum Gasteiger partial charge on any atom is -0.321 e. The van der Waals surface area contributed by atoms with Gasteiger partial charge >= 0.3 is 15.2 Å². The van der Waals surface area contributed by atoms with Crippen LogP contribution in [0.4, 0.5) is 0 Å². The molecule has 2 heteroatoms. The maximum Gasteiger partial charge on any atom is 0.343 e. The van der Waals surface area contributed by atoms with Crippen molar-refractivity contribution < 1.29 is 4.79 Å². The fourth-order valence-electron chi connectivity index (χ4n) is 2.37. The van der Waals surface area contributed by atoms with Gasteiger partial charge in [-0.15, -0.1) is 0 Å². The molecule has 2 aromatic carbocycles. The standard InChI is InChI=1S/C15H13O.C2H5.Al.H/c16-12-15(14-9-5-2-6-10-14)11-13-7-3-1-4-8-13;1-2;;/h1-10,15H,11H2;1H2,2H3;;. The van der Waals surface area contributed by atoms with Crippen LogP contribution in [0.25, 0.3) is 0 Å². The zero-order valence-corrected chi connectivity index (χ0v) is 12.8. The molecule has 0 aromatic heterocycles. The van der Waals surface area contributed by atoms with Crippen LogP contribution in [0.1, 0.15) is 24.0 Å². The van der Waals surface area contributed by atoms with Gasteiger partial charge in [-0.3, -0.25) is 0 Å². The number of benzene rings is 2. The number of hydrogen-bond acceptors (Lipinski definition) is 1. The highest BCUT2D eigenvalue weighted by Gasteiger charge is 2.20. The highest BCUT2D eigenvalue weighted by Crippen LogP contribution is 2.22. The molecule has 19 heavy (non-hydrogen) atoms. The topological polar surface area (TPSA) is 17.1 Å². The van der Waals surface area contributed by atoms with Crippen molar-refractivity contribution in [3.8, 4) is 0 Å². The van der Waals surface area contributed by atoms with Crippen molar-refractivity contribution in [2.24, 2.45) is 0 Å². The summed E-state index contributed by atoms with van der Waals surface area (Å²) in [5, 5.41) is 1.05. The van der Waals surface area contributed by atoms with Crippen LogP contribution in [0.3, 0.4) is 0 Å². The first-order valence-corrected chi connectivity index (χ1v) is 8.63. The molecule has 0 N–H and O–H groups in total. The molecule has 0 aliphatic heterocycles. The molecule has 0 radical (unpaired) electrons. The fraction of sp³-hybridized carbons (Fsp3) is 0.235. The zero-order chi connectivity index (χ0) is 13.5. The summed E-state index contributed by atoms with van der Waals surface area (Å²) in [5.74, 6) is 0.0511. The molecule has 0 aliphatic carbocycles. The lowest BCUT2D eigenvalue weighted by atomic mass is 9.93. The van der Waals surface area contributed by atoms with Crippen molar-refractivity contribution in [2.75, 3.05) is 0 Å². The van der Waals surface area contributed by atoms with Gasteiger partial charge in [-0.25, -0.2) is 0 Å². The maximum atomic E-state index is 12.4. The lowest BCUT2D eigenvalue weighted by molar-refractivity contribution is -0.113. The van der Waals surface area contributed by atoms with Crippen molar-refractivity contribution in [1.82, 2.24) is 0 Å². The van der Waals surface area contributed by atoms with Crippen molar-refractivity contribution in [1.29, 1.82) is 0 Å². The minimum absolute atomic E-state index is 0.0511. The number of carbonyl (C=O) groups is 1. The molecule has 2 aromatic rings. The Labute approximate surface area is 121 Å². The van der Waals surface area contributed by atoms with E-state index in [1.807, 2.05) is 36.4 Å². The molecule has 96 valence electrons. The van der Waals surface area contributed by atoms with Gasteiger partial charge in [0.15, 0.2) is 0 Å². The average molecular weight is 266 g/mol. The van der Waals surface area contributed by atoms with Gasteiger partial charge in [0.1, 0.15) is 0 Å². The second-order valence-electron chi connectivity index (χ2n) is 4.87. The van der Waals surface area contributed by atoms with Crippen LogP contribution >= 0.6 is 0 Å². The molecule has 1 nitrogen and oxygen atoms in total. The quantitative estimate of drug-likeness (QED) is 0.732. The van der Waals surface area contributed by atoms with Crippen LogP contribution < -0.4 is 0 Å². The normalized spacial score (nSPS) is 11.8. The Bertz CT molecular complexity index is 507. The van der Waals surface area contributed by atoms with E-state index in [1.165, 1.54) is 5.56 Å². The summed E-state index contributed by atoms with van der Waals surface area (Å²) in [6.07, 6.45) is 0.830. The molecule has 0 saturated heterocycles. The van der Waals surface area contributed by atoms with Gasteiger partial charge in [-0.1, -0.05) is 72.9 Å². The summed E-state index contributed by atoms with van der Waals surface area (Å²) in [6.45, 7) is 2.12. The Morgan fingerprint density at radius 3 is 2.16 bits per heavy atom. The summed E-state index contributed by atoms with van der Waals surface area (Å²) in [6, 6.07) is 20.5. The largest absolute Gasteiger partial charge is 0.343 e. The van der Waals surface area contributed by atoms with Crippen molar-refractivity contribution in [3.63, 3.8) is 0 Å². The van der Waals surface area contributed by atoms with E-state index in [0.29, 0.717) is 4.65 Å². The van der Waals surface area contributed by atoms with E-state index >= 15 is 0 Å². The highest BCUT2D eigenvalue weighted by atomic mass is 27.1. The molecule has 0 aliphatic rings. The van der Waals surface area contributed by atoms with Crippen LogP contribution in [0.15, 0.2) is 60.7 Å². The van der Waals surface area contributed by atoms with Crippen LogP contribution in [0.2, 0.25) is 5.28 Å². The molecular weight excluding hydrogens is 247 g/mol. The lowest BCUT2D eigenvalue weighted by Gasteiger charge is -2.16. The molecule has 0 amide bonds. The minimum atomic E-state index is -0.600. The third-order valence-corrected chi connectivity index (χ3v) is 4.86. The first kappa shape index (κ1) is 14.1. The monoisotopic (exact) mass is 266 g/mol. The first-order chi connectivity index (χ1) is 9.31. The van der Waals surface area contributed by atoms with E-state index in [2.05, 4.69) is 31.2 Å². The smallest absolute Gasteiger partial charge is 0.321 e. The van der Waals surface area contributed by atoms with E-state index in [-0.39, 0.29) is 5.92 Å². The van der Waals surface area contributed by atoms with Gasteiger partial charge in [0.25, 0.3) is 0 Å². The van der Waals surface area contributed by atoms with Gasteiger partial charge in [-0.05, 0) is 17.5 Å². The summed E-state index contributed by atoms with van der Waals surface area (Å²) < 4.78 is 0.484. The lowest BCUT2D eigenvalue weighted by Crippen LogP contribution is -2.20. The predicted molar refractivity (Wildman–Crippen MR) is 82.0 cm³/mol. The second kappa shape index (κ2) is 7.29. The molecule has 1 atom stereocenters. The highest BCUT2D eigenvalue weighted by molar-refractivity contribution is 6.74. The molecule has 0 heterocycles. The Morgan fingerprint density at radius 1 is 1.00 bits per heavy atom. The first-order valence-electron chi connectivity index (χ1n) is 6.93. The van der Waals surface area contributed by atoms with Gasteiger partial charge in [0.05, 0.1) is 4.65 Å². The summed E-state index contributed by atoms with van der Waals surface area (Å²) in [5.41, 5.74) is 2.41. The van der Waals surface area contributed by atoms with Crippen LogP contribution in [-0.2, 0) is 11.2 Å². The molecule has 0 fully saturated rings. The van der Waals surface area contributed by atoms with E-state index in [9.17, 15) is 4.79 Å². The summed E-state index contributed by atoms with van der Waals surface area (Å²) in [7, 11) is 0. The summed E-state index contributed by atoms with van der Waals surface area (Å²) in [4.78, 5) is 12.4. The number of rotatable bonds is 6. The molecule has 1 unspecified atom stereocenters. The summed E-state index contributed by atoms with van der Waals surface area (Å²) >= 11 is -0.600. The molecule has 0 bridgehead atoms. The molecule has 0 spiro atoms. The third kappa shape index (κ3) is 4.06. The maximum absolute atomic E-state index is 12.4. The Hall–Kier alpha value is -1.36. The van der Waals surface area contributed by atoms with E-state index in [4.69, 9.17) is 0 Å². The van der Waals surface area contributed by atoms with Gasteiger partial charge in [0, 0.05) is 5.92 Å². The Morgan fingerprint density at radius 2 is 1.58 bits per heavy atom. The Kier molecular flexibility index (Phi) is 5.39. The van der Waals surface area contributed by atoms with Gasteiger partial charge < -0.3 is 4.79 Å². The van der Waals surface area contributed by atoms with E-state index < -0.39 is 15.2 Å². The van der Waals surface area contributed by atoms with Gasteiger partial charge in [0.2, 0.25) is 0 Å². The van der Waals surface area contributed by atoms with Crippen molar-refractivity contribution >= 4 is 19.9 Å². The SMILES string of the molecule is C[CH2][AlH][C](=O)C(Cc1ccccc1)c1ccccc1. The predicted octanol–water partition coefficient (Wildman–Crippen LogP) is 3.41. The molecule has 2 rings (SSSR count). The van der Waals surface area contributed by atoms with Crippen LogP contribution in [0, 0.1) is 0 Å². The second-order valence-corrected chi connectivity index (χ2v) is 7.07.